The zero-order chi connectivity index (χ0) is 18.3. The summed E-state index contributed by atoms with van der Waals surface area (Å²) in [6, 6.07) is 15.5. The van der Waals surface area contributed by atoms with E-state index >= 15 is 0 Å². The zero-order valence-corrected chi connectivity index (χ0v) is 15.5. The van der Waals surface area contributed by atoms with Gasteiger partial charge in [0, 0.05) is 19.6 Å². The maximum atomic E-state index is 11.0. The lowest BCUT2D eigenvalue weighted by Gasteiger charge is -2.38. The Hall–Kier alpha value is -2.39. The van der Waals surface area contributed by atoms with Crippen molar-refractivity contribution in [2.24, 2.45) is 5.92 Å². The van der Waals surface area contributed by atoms with Crippen LogP contribution >= 0.6 is 0 Å². The molecule has 4 rings (SSSR count). The molecule has 0 unspecified atom stereocenters. The third-order valence-corrected chi connectivity index (χ3v) is 5.81. The van der Waals surface area contributed by atoms with Crippen LogP contribution < -0.4 is 0 Å². The van der Waals surface area contributed by atoms with Crippen molar-refractivity contribution in [1.29, 1.82) is 0 Å². The number of aryl methyl sites for hydroxylation is 2. The monoisotopic (exact) mass is 347 g/mol. The first-order chi connectivity index (χ1) is 12.5. The Kier molecular flexibility index (Phi) is 4.41. The van der Waals surface area contributed by atoms with Crippen molar-refractivity contribution in [2.75, 3.05) is 19.6 Å². The number of rotatable bonds is 4. The van der Waals surface area contributed by atoms with Crippen LogP contribution in [0, 0.1) is 12.8 Å². The number of carboxylic acid groups (broad SMARTS) is 1. The molecule has 0 saturated carbocycles. The molecule has 1 aliphatic carbocycles. The highest BCUT2D eigenvalue weighted by Gasteiger charge is 2.33. The summed E-state index contributed by atoms with van der Waals surface area (Å²) in [5.41, 5.74) is 9.48. The van der Waals surface area contributed by atoms with Crippen LogP contribution in [0.2, 0.25) is 0 Å². The van der Waals surface area contributed by atoms with Gasteiger partial charge in [0.25, 0.3) is 0 Å². The van der Waals surface area contributed by atoms with Gasteiger partial charge in [-0.1, -0.05) is 53.6 Å². The number of hydrogen-bond donors (Lipinski definition) is 1. The van der Waals surface area contributed by atoms with E-state index in [9.17, 15) is 4.79 Å². The van der Waals surface area contributed by atoms with Gasteiger partial charge in [0.2, 0.25) is 0 Å². The molecule has 0 spiro atoms. The molecule has 1 heterocycles. The van der Waals surface area contributed by atoms with E-state index in [1.165, 1.54) is 39.0 Å². The molecule has 2 aromatic carbocycles. The Morgan fingerprint density at radius 1 is 1.08 bits per heavy atom. The molecule has 0 amide bonds. The van der Waals surface area contributed by atoms with Crippen LogP contribution in [0.25, 0.3) is 16.7 Å². The van der Waals surface area contributed by atoms with Gasteiger partial charge in [0.1, 0.15) is 0 Å². The number of carbonyl (C=O) groups is 1. The Morgan fingerprint density at radius 3 is 2.58 bits per heavy atom. The summed E-state index contributed by atoms with van der Waals surface area (Å²) in [5, 5.41) is 9.04. The van der Waals surface area contributed by atoms with E-state index in [-0.39, 0.29) is 5.92 Å². The van der Waals surface area contributed by atoms with Crippen LogP contribution in [-0.2, 0) is 11.2 Å². The summed E-state index contributed by atoms with van der Waals surface area (Å²) < 4.78 is 0. The van der Waals surface area contributed by atoms with Gasteiger partial charge in [-0.15, -0.1) is 0 Å². The molecule has 0 bridgehead atoms. The van der Waals surface area contributed by atoms with Gasteiger partial charge >= 0.3 is 5.97 Å². The van der Waals surface area contributed by atoms with Crippen LogP contribution in [-0.4, -0.2) is 35.6 Å². The Labute approximate surface area is 155 Å². The molecular weight excluding hydrogens is 322 g/mol. The molecule has 134 valence electrons. The van der Waals surface area contributed by atoms with Crippen LogP contribution in [0.4, 0.5) is 0 Å². The second kappa shape index (κ2) is 6.73. The van der Waals surface area contributed by atoms with Crippen molar-refractivity contribution in [3.05, 3.63) is 64.7 Å². The molecule has 0 radical (unpaired) electrons. The average molecular weight is 347 g/mol. The predicted octanol–water partition coefficient (Wildman–Crippen LogP) is 4.40. The van der Waals surface area contributed by atoms with Gasteiger partial charge in [-0.3, -0.25) is 9.69 Å². The fraction of sp³-hybridized carbons (Fsp3) is 0.348. The highest BCUT2D eigenvalue weighted by molar-refractivity contribution is 5.76. The van der Waals surface area contributed by atoms with E-state index in [1.54, 1.807) is 0 Å². The Balaban J connectivity index is 1.54. The minimum absolute atomic E-state index is 0.177. The lowest BCUT2D eigenvalue weighted by molar-refractivity contribution is -0.147. The number of nitrogens with zero attached hydrogens (tertiary/aromatic N) is 1. The van der Waals surface area contributed by atoms with E-state index in [4.69, 9.17) is 5.11 Å². The molecule has 1 N–H and O–H groups in total. The molecular formula is C23H25NO2. The third kappa shape index (κ3) is 3.19. The number of benzene rings is 2. The molecule has 2 aliphatic rings. The summed E-state index contributed by atoms with van der Waals surface area (Å²) in [7, 11) is 0. The topological polar surface area (TPSA) is 40.5 Å². The molecule has 2 aromatic rings. The second-order valence-corrected chi connectivity index (χ2v) is 7.70. The van der Waals surface area contributed by atoms with Crippen molar-refractivity contribution >= 4 is 11.5 Å². The SMILES string of the molecule is CC1=C(CN2CC(C(=O)O)C2)CCc2cc(-c3cccc(C)c3)ccc21. The first-order valence-electron chi connectivity index (χ1n) is 9.35. The number of aliphatic carboxylic acids is 1. The number of hydrogen-bond acceptors (Lipinski definition) is 2. The lowest BCUT2D eigenvalue weighted by Crippen LogP contribution is -2.50. The molecule has 3 heteroatoms. The van der Waals surface area contributed by atoms with Gasteiger partial charge in [0.15, 0.2) is 0 Å². The quantitative estimate of drug-likeness (QED) is 0.891. The average Bonchev–Trinajstić information content (AvgIpc) is 2.58. The van der Waals surface area contributed by atoms with Gasteiger partial charge in [-0.25, -0.2) is 0 Å². The molecule has 0 atom stereocenters. The zero-order valence-electron chi connectivity index (χ0n) is 15.5. The van der Waals surface area contributed by atoms with E-state index in [1.807, 2.05) is 0 Å². The molecule has 1 aliphatic heterocycles. The molecule has 1 fully saturated rings. The van der Waals surface area contributed by atoms with Crippen molar-refractivity contribution in [3.8, 4) is 11.1 Å². The number of likely N-dealkylation sites (tertiary alicyclic amines) is 1. The molecule has 3 nitrogen and oxygen atoms in total. The smallest absolute Gasteiger partial charge is 0.309 e. The highest BCUT2D eigenvalue weighted by atomic mass is 16.4. The van der Waals surface area contributed by atoms with Gasteiger partial charge < -0.3 is 5.11 Å². The summed E-state index contributed by atoms with van der Waals surface area (Å²) in [6.07, 6.45) is 2.14. The molecule has 0 aromatic heterocycles. The predicted molar refractivity (Wildman–Crippen MR) is 105 cm³/mol. The maximum Gasteiger partial charge on any atom is 0.309 e. The normalized spacial score (nSPS) is 17.8. The van der Waals surface area contributed by atoms with Crippen LogP contribution in [0.1, 0.15) is 30.0 Å². The van der Waals surface area contributed by atoms with Crippen molar-refractivity contribution < 1.29 is 9.90 Å². The van der Waals surface area contributed by atoms with Gasteiger partial charge in [-0.2, -0.15) is 0 Å². The first kappa shape index (κ1) is 17.0. The maximum absolute atomic E-state index is 11.0. The summed E-state index contributed by atoms with van der Waals surface area (Å²) in [5.74, 6) is -0.840. The van der Waals surface area contributed by atoms with E-state index in [0.29, 0.717) is 13.1 Å². The fourth-order valence-corrected chi connectivity index (χ4v) is 4.16. The van der Waals surface area contributed by atoms with Crippen LogP contribution in [0.5, 0.6) is 0 Å². The second-order valence-electron chi connectivity index (χ2n) is 7.70. The third-order valence-electron chi connectivity index (χ3n) is 5.81. The summed E-state index contributed by atoms with van der Waals surface area (Å²) in [4.78, 5) is 13.2. The van der Waals surface area contributed by atoms with E-state index < -0.39 is 5.97 Å². The summed E-state index contributed by atoms with van der Waals surface area (Å²) >= 11 is 0. The largest absolute Gasteiger partial charge is 0.481 e. The number of carboxylic acids is 1. The Bertz CT molecular complexity index is 891. The van der Waals surface area contributed by atoms with Crippen molar-refractivity contribution in [1.82, 2.24) is 4.90 Å². The standard InChI is InChI=1S/C23H25NO2/c1-15-4-3-5-17(10-15)18-8-9-22-16(2)20(7-6-19(22)11-18)12-24-13-21(14-24)23(25)26/h3-5,8-11,21H,6-7,12-14H2,1-2H3,(H,25,26). The van der Waals surface area contributed by atoms with Gasteiger partial charge in [-0.05, 0) is 54.5 Å². The van der Waals surface area contributed by atoms with Crippen molar-refractivity contribution in [2.45, 2.75) is 26.7 Å². The molecule has 26 heavy (non-hydrogen) atoms. The van der Waals surface area contributed by atoms with Gasteiger partial charge in [0.05, 0.1) is 5.92 Å². The highest BCUT2D eigenvalue weighted by Crippen LogP contribution is 2.35. The fourth-order valence-electron chi connectivity index (χ4n) is 4.16. The summed E-state index contributed by atoms with van der Waals surface area (Å²) in [6.45, 7) is 6.63. The first-order valence-corrected chi connectivity index (χ1v) is 9.35. The Morgan fingerprint density at radius 2 is 1.85 bits per heavy atom. The van der Waals surface area contributed by atoms with Crippen LogP contribution in [0.3, 0.4) is 0 Å². The van der Waals surface area contributed by atoms with E-state index in [0.717, 1.165) is 19.4 Å². The minimum atomic E-state index is -0.662. The lowest BCUT2D eigenvalue weighted by atomic mass is 9.84. The van der Waals surface area contributed by atoms with E-state index in [2.05, 4.69) is 61.2 Å². The number of allylic oxidation sites excluding steroid dienone is 1. The van der Waals surface area contributed by atoms with Crippen molar-refractivity contribution in [3.63, 3.8) is 0 Å². The number of fused-ring (bicyclic) bond motifs is 1. The minimum Gasteiger partial charge on any atom is -0.481 e. The molecule has 1 saturated heterocycles. The van der Waals surface area contributed by atoms with Crippen LogP contribution in [0.15, 0.2) is 48.0 Å².